The van der Waals surface area contributed by atoms with Crippen molar-refractivity contribution < 1.29 is 4.74 Å². The Labute approximate surface area is 112 Å². The lowest BCUT2D eigenvalue weighted by Crippen LogP contribution is -2.08. The van der Waals surface area contributed by atoms with E-state index in [-0.39, 0.29) is 0 Å². The van der Waals surface area contributed by atoms with Gasteiger partial charge in [0.1, 0.15) is 0 Å². The van der Waals surface area contributed by atoms with E-state index >= 15 is 0 Å². The van der Waals surface area contributed by atoms with E-state index in [1.807, 2.05) is 12.3 Å². The molecular weight excluding hydrogens is 220 g/mol. The van der Waals surface area contributed by atoms with E-state index in [0.717, 1.165) is 6.42 Å². The summed E-state index contributed by atoms with van der Waals surface area (Å²) >= 11 is 0. The van der Waals surface area contributed by atoms with Crippen LogP contribution < -0.4 is 0 Å². The largest absolute Gasteiger partial charge is 0.498 e. The van der Waals surface area contributed by atoms with Gasteiger partial charge in [-0.25, -0.2) is 0 Å². The molecule has 0 saturated heterocycles. The molecule has 0 aliphatic carbocycles. The molecule has 1 atom stereocenters. The van der Waals surface area contributed by atoms with Gasteiger partial charge in [-0.15, -0.1) is 0 Å². The van der Waals surface area contributed by atoms with E-state index in [9.17, 15) is 0 Å². The Bertz CT molecular complexity index is 340. The zero-order chi connectivity index (χ0) is 13.2. The lowest BCUT2D eigenvalue weighted by molar-refractivity contribution is 0.129. The zero-order valence-electron chi connectivity index (χ0n) is 12.0. The van der Waals surface area contributed by atoms with Crippen molar-refractivity contribution in [3.63, 3.8) is 0 Å². The van der Waals surface area contributed by atoms with Gasteiger partial charge >= 0.3 is 0 Å². The van der Waals surface area contributed by atoms with Crippen LogP contribution in [0, 0.1) is 0 Å². The first-order valence-corrected chi connectivity index (χ1v) is 7.15. The van der Waals surface area contributed by atoms with E-state index < -0.39 is 0 Å². The molecule has 100 valence electrons. The van der Waals surface area contributed by atoms with Crippen molar-refractivity contribution in [2.75, 3.05) is 0 Å². The van der Waals surface area contributed by atoms with E-state index in [1.54, 1.807) is 0 Å². The minimum Gasteiger partial charge on any atom is -0.498 e. The van der Waals surface area contributed by atoms with Crippen molar-refractivity contribution in [1.82, 2.24) is 0 Å². The van der Waals surface area contributed by atoms with Crippen LogP contribution in [0.2, 0.25) is 0 Å². The minimum absolute atomic E-state index is 0.371. The number of hydrogen-bond donors (Lipinski definition) is 0. The Kier molecular flexibility index (Phi) is 7.24. The fourth-order valence-corrected chi connectivity index (χ4v) is 1.96. The van der Waals surface area contributed by atoms with Crippen molar-refractivity contribution in [1.29, 1.82) is 0 Å². The Morgan fingerprint density at radius 3 is 2.50 bits per heavy atom. The molecule has 0 aromatic heterocycles. The molecule has 1 heteroatoms. The van der Waals surface area contributed by atoms with Gasteiger partial charge in [-0.2, -0.15) is 0 Å². The normalized spacial score (nSPS) is 13.4. The summed E-state index contributed by atoms with van der Waals surface area (Å²) in [5, 5.41) is 0. The molecular formula is C17H26O. The predicted octanol–water partition coefficient (Wildman–Crippen LogP) is 5.42. The summed E-state index contributed by atoms with van der Waals surface area (Å²) in [6.45, 7) is 6.54. The smallest absolute Gasteiger partial charge is 0.0976 e. The van der Waals surface area contributed by atoms with Crippen LogP contribution in [0.25, 0.3) is 5.57 Å². The molecule has 1 nitrogen and oxygen atoms in total. The van der Waals surface area contributed by atoms with Gasteiger partial charge in [-0.1, -0.05) is 57.0 Å². The lowest BCUT2D eigenvalue weighted by Gasteiger charge is -2.15. The Balaban J connectivity index is 2.45. The van der Waals surface area contributed by atoms with Crippen LogP contribution in [-0.4, -0.2) is 6.10 Å². The standard InChI is InChI=1S/C17H26O/c1-4-6-8-13-17(5-2)18-14-15(3)16-11-9-7-10-12-16/h7,9-12,14,17H,4-6,8,13H2,1-3H3. The second kappa shape index (κ2) is 8.79. The molecule has 0 heterocycles. The number of allylic oxidation sites excluding steroid dienone is 1. The maximum absolute atomic E-state index is 5.89. The minimum atomic E-state index is 0.371. The molecule has 0 saturated carbocycles. The van der Waals surface area contributed by atoms with Crippen LogP contribution in [-0.2, 0) is 4.74 Å². The zero-order valence-corrected chi connectivity index (χ0v) is 12.0. The SMILES string of the molecule is CCCCCC(CC)OC=C(C)c1ccccc1. The molecule has 18 heavy (non-hydrogen) atoms. The summed E-state index contributed by atoms with van der Waals surface area (Å²) in [5.41, 5.74) is 2.44. The molecule has 0 aliphatic heterocycles. The van der Waals surface area contributed by atoms with Crippen molar-refractivity contribution >= 4 is 5.57 Å². The quantitative estimate of drug-likeness (QED) is 0.439. The summed E-state index contributed by atoms with van der Waals surface area (Å²) in [6.07, 6.45) is 8.40. The van der Waals surface area contributed by atoms with Gasteiger partial charge in [0, 0.05) is 0 Å². The molecule has 0 amide bonds. The van der Waals surface area contributed by atoms with Gasteiger partial charge in [-0.05, 0) is 37.3 Å². The maximum Gasteiger partial charge on any atom is 0.0976 e. The van der Waals surface area contributed by atoms with E-state index in [1.165, 1.54) is 36.8 Å². The molecule has 0 N–H and O–H groups in total. The van der Waals surface area contributed by atoms with Crippen molar-refractivity contribution in [3.05, 3.63) is 42.2 Å². The first-order chi connectivity index (χ1) is 8.77. The van der Waals surface area contributed by atoms with Crippen LogP contribution in [0.4, 0.5) is 0 Å². The molecule has 1 rings (SSSR count). The second-order valence-corrected chi connectivity index (χ2v) is 4.83. The average molecular weight is 246 g/mol. The molecule has 1 aromatic carbocycles. The third-order valence-electron chi connectivity index (χ3n) is 3.25. The molecule has 0 radical (unpaired) electrons. The Hall–Kier alpha value is -1.24. The second-order valence-electron chi connectivity index (χ2n) is 4.83. The number of ether oxygens (including phenoxy) is 1. The highest BCUT2D eigenvalue weighted by Gasteiger charge is 2.05. The monoisotopic (exact) mass is 246 g/mol. The highest BCUT2D eigenvalue weighted by atomic mass is 16.5. The molecule has 1 unspecified atom stereocenters. The van der Waals surface area contributed by atoms with Crippen molar-refractivity contribution in [2.45, 2.75) is 59.0 Å². The summed E-state index contributed by atoms with van der Waals surface area (Å²) in [7, 11) is 0. The summed E-state index contributed by atoms with van der Waals surface area (Å²) in [5.74, 6) is 0. The van der Waals surface area contributed by atoms with Gasteiger partial charge in [-0.3, -0.25) is 0 Å². The highest BCUT2D eigenvalue weighted by molar-refractivity contribution is 5.62. The molecule has 0 fully saturated rings. The van der Waals surface area contributed by atoms with E-state index in [4.69, 9.17) is 4.74 Å². The molecule has 1 aromatic rings. The fourth-order valence-electron chi connectivity index (χ4n) is 1.96. The number of unbranched alkanes of at least 4 members (excludes halogenated alkanes) is 2. The number of hydrogen-bond acceptors (Lipinski definition) is 1. The van der Waals surface area contributed by atoms with E-state index in [2.05, 4.69) is 45.0 Å². The summed E-state index contributed by atoms with van der Waals surface area (Å²) in [6, 6.07) is 10.4. The van der Waals surface area contributed by atoms with Crippen molar-refractivity contribution in [2.24, 2.45) is 0 Å². The number of benzene rings is 1. The molecule has 0 aliphatic rings. The van der Waals surface area contributed by atoms with Crippen LogP contribution in [0.15, 0.2) is 36.6 Å². The Morgan fingerprint density at radius 2 is 1.89 bits per heavy atom. The van der Waals surface area contributed by atoms with Crippen LogP contribution in [0.3, 0.4) is 0 Å². The first kappa shape index (κ1) is 14.8. The molecule has 0 spiro atoms. The average Bonchev–Trinajstić information content (AvgIpc) is 2.43. The van der Waals surface area contributed by atoms with Crippen molar-refractivity contribution in [3.8, 4) is 0 Å². The topological polar surface area (TPSA) is 9.23 Å². The molecule has 0 bridgehead atoms. The van der Waals surface area contributed by atoms with Gasteiger partial charge in [0.05, 0.1) is 12.4 Å². The fraction of sp³-hybridized carbons (Fsp3) is 0.529. The Morgan fingerprint density at radius 1 is 1.17 bits per heavy atom. The number of rotatable bonds is 8. The highest BCUT2D eigenvalue weighted by Crippen LogP contribution is 2.16. The van der Waals surface area contributed by atoms with Gasteiger partial charge in [0.2, 0.25) is 0 Å². The van der Waals surface area contributed by atoms with Gasteiger partial charge in [0.15, 0.2) is 0 Å². The lowest BCUT2D eigenvalue weighted by atomic mass is 10.1. The van der Waals surface area contributed by atoms with Crippen LogP contribution in [0.5, 0.6) is 0 Å². The van der Waals surface area contributed by atoms with Crippen LogP contribution >= 0.6 is 0 Å². The summed E-state index contributed by atoms with van der Waals surface area (Å²) in [4.78, 5) is 0. The van der Waals surface area contributed by atoms with Gasteiger partial charge < -0.3 is 4.74 Å². The predicted molar refractivity (Wildman–Crippen MR) is 79.4 cm³/mol. The first-order valence-electron chi connectivity index (χ1n) is 7.15. The third kappa shape index (κ3) is 5.39. The van der Waals surface area contributed by atoms with E-state index in [0.29, 0.717) is 6.10 Å². The maximum atomic E-state index is 5.89. The van der Waals surface area contributed by atoms with Gasteiger partial charge in [0.25, 0.3) is 0 Å². The van der Waals surface area contributed by atoms with Crippen LogP contribution in [0.1, 0.15) is 58.4 Å². The summed E-state index contributed by atoms with van der Waals surface area (Å²) < 4.78 is 5.89. The third-order valence-corrected chi connectivity index (χ3v) is 3.25.